The lowest BCUT2D eigenvalue weighted by atomic mass is 10.2. The van der Waals surface area contributed by atoms with Crippen LogP contribution >= 0.6 is 34.7 Å². The Balaban J connectivity index is 2.05. The number of methoxy groups -OCH3 is 2. The molecule has 0 radical (unpaired) electrons. The van der Waals surface area contributed by atoms with Crippen LogP contribution in [0.25, 0.3) is 0 Å². The predicted molar refractivity (Wildman–Crippen MR) is 120 cm³/mol. The van der Waals surface area contributed by atoms with Crippen molar-refractivity contribution in [1.82, 2.24) is 10.3 Å². The molecule has 0 atom stereocenters. The molecule has 1 aromatic heterocycles. The largest absolute Gasteiger partial charge is 0.493 e. The van der Waals surface area contributed by atoms with Gasteiger partial charge in [0.15, 0.2) is 21.5 Å². The number of rotatable bonds is 12. The zero-order chi connectivity index (χ0) is 22.6. The van der Waals surface area contributed by atoms with Crippen LogP contribution in [-0.2, 0) is 27.4 Å². The van der Waals surface area contributed by atoms with E-state index in [4.69, 9.17) is 30.5 Å². The minimum Gasteiger partial charge on any atom is -0.493 e. The predicted octanol–water partition coefficient (Wildman–Crippen LogP) is 3.76. The maximum Gasteiger partial charge on any atom is 0.351 e. The van der Waals surface area contributed by atoms with Crippen molar-refractivity contribution in [2.45, 2.75) is 13.2 Å². The van der Waals surface area contributed by atoms with Gasteiger partial charge in [0.25, 0.3) is 0 Å². The molecule has 8 nitrogen and oxygen atoms in total. The Kier molecular flexibility index (Phi) is 10.5. The van der Waals surface area contributed by atoms with Crippen molar-refractivity contribution in [3.63, 3.8) is 0 Å². The number of ether oxygens (including phenoxy) is 4. The maximum absolute atomic E-state index is 12.1. The third kappa shape index (κ3) is 7.63. The SMILES string of the molecule is COCCOC(=O)/C(C#N)=C(\NCc1ccc(OCc2cnc(Cl)s2)c(OC)c1)SC. The second kappa shape index (κ2) is 13.1. The summed E-state index contributed by atoms with van der Waals surface area (Å²) in [5.74, 6) is 0.445. The molecule has 31 heavy (non-hydrogen) atoms. The summed E-state index contributed by atoms with van der Waals surface area (Å²) in [6.07, 6.45) is 3.44. The molecule has 0 bridgehead atoms. The molecule has 2 aromatic rings. The first kappa shape index (κ1) is 24.8. The van der Waals surface area contributed by atoms with Gasteiger partial charge < -0.3 is 24.3 Å². The Labute approximate surface area is 194 Å². The van der Waals surface area contributed by atoms with Crippen molar-refractivity contribution in [2.24, 2.45) is 0 Å². The minimum atomic E-state index is -0.694. The fraction of sp³-hybridized carbons (Fsp3) is 0.350. The second-order valence-corrected chi connectivity index (χ2v) is 8.37. The Bertz CT molecular complexity index is 959. The molecule has 11 heteroatoms. The topological polar surface area (TPSA) is 103 Å². The number of thiazole rings is 1. The Hall–Kier alpha value is -2.45. The van der Waals surface area contributed by atoms with Gasteiger partial charge in [-0.05, 0) is 24.0 Å². The summed E-state index contributed by atoms with van der Waals surface area (Å²) in [6, 6.07) is 7.39. The molecule has 2 rings (SSSR count). The third-order valence-electron chi connectivity index (χ3n) is 3.84. The molecule has 0 saturated carbocycles. The summed E-state index contributed by atoms with van der Waals surface area (Å²) in [4.78, 5) is 17.0. The van der Waals surface area contributed by atoms with E-state index in [0.717, 1.165) is 10.4 Å². The summed E-state index contributed by atoms with van der Waals surface area (Å²) >= 11 is 8.44. The number of nitrogens with zero attached hydrogens (tertiary/aromatic N) is 2. The molecular weight excluding hydrogens is 462 g/mol. The van der Waals surface area contributed by atoms with E-state index in [0.29, 0.717) is 34.1 Å². The van der Waals surface area contributed by atoms with E-state index in [2.05, 4.69) is 10.3 Å². The minimum absolute atomic E-state index is 0.0780. The highest BCUT2D eigenvalue weighted by molar-refractivity contribution is 8.02. The number of nitrogens with one attached hydrogen (secondary N) is 1. The molecule has 0 saturated heterocycles. The molecule has 0 aliphatic heterocycles. The van der Waals surface area contributed by atoms with E-state index in [1.807, 2.05) is 18.2 Å². The number of hydrogen-bond acceptors (Lipinski definition) is 10. The van der Waals surface area contributed by atoms with Crippen LogP contribution in [0.5, 0.6) is 11.5 Å². The summed E-state index contributed by atoms with van der Waals surface area (Å²) in [5, 5.41) is 12.9. The normalized spacial score (nSPS) is 11.3. The van der Waals surface area contributed by atoms with Crippen molar-refractivity contribution in [3.05, 3.63) is 49.9 Å². The van der Waals surface area contributed by atoms with Gasteiger partial charge in [0.1, 0.15) is 19.3 Å². The van der Waals surface area contributed by atoms with Gasteiger partial charge in [-0.1, -0.05) is 17.7 Å². The number of carbonyl (C=O) groups excluding carboxylic acids is 1. The summed E-state index contributed by atoms with van der Waals surface area (Å²) in [6.45, 7) is 1.04. The van der Waals surface area contributed by atoms with Crippen LogP contribution in [0.1, 0.15) is 10.4 Å². The standard InChI is InChI=1S/C20H22ClN3O5S2/c1-26-6-7-28-19(25)15(9-22)18(30-3)23-10-13-4-5-16(17(8-13)27-2)29-12-14-11-24-20(21)31-14/h4-5,8,11,23H,6-7,10,12H2,1-3H3/b18-15+. The molecular formula is C20H22ClN3O5S2. The molecule has 0 fully saturated rings. The number of thioether (sulfide) groups is 1. The van der Waals surface area contributed by atoms with Gasteiger partial charge >= 0.3 is 5.97 Å². The summed E-state index contributed by atoms with van der Waals surface area (Å²) in [5.41, 5.74) is 0.792. The summed E-state index contributed by atoms with van der Waals surface area (Å²) in [7, 11) is 3.06. The van der Waals surface area contributed by atoms with Crippen LogP contribution in [-0.4, -0.2) is 44.6 Å². The molecule has 0 aliphatic carbocycles. The molecule has 0 amide bonds. The molecule has 1 aromatic carbocycles. The molecule has 1 heterocycles. The lowest BCUT2D eigenvalue weighted by Gasteiger charge is -2.14. The van der Waals surface area contributed by atoms with E-state index in [-0.39, 0.29) is 18.8 Å². The van der Waals surface area contributed by atoms with Crippen LogP contribution in [0.15, 0.2) is 35.0 Å². The van der Waals surface area contributed by atoms with Crippen LogP contribution < -0.4 is 14.8 Å². The highest BCUT2D eigenvalue weighted by Gasteiger charge is 2.17. The van der Waals surface area contributed by atoms with E-state index >= 15 is 0 Å². The van der Waals surface area contributed by atoms with Gasteiger partial charge in [0, 0.05) is 19.9 Å². The highest BCUT2D eigenvalue weighted by Crippen LogP contribution is 2.30. The van der Waals surface area contributed by atoms with E-state index < -0.39 is 5.97 Å². The van der Waals surface area contributed by atoms with Gasteiger partial charge in [0.05, 0.1) is 23.6 Å². The molecule has 166 valence electrons. The average molecular weight is 484 g/mol. The van der Waals surface area contributed by atoms with Crippen molar-refractivity contribution in [3.8, 4) is 17.6 Å². The lowest BCUT2D eigenvalue weighted by molar-refractivity contribution is -0.139. The Morgan fingerprint density at radius 2 is 2.13 bits per heavy atom. The van der Waals surface area contributed by atoms with Crippen molar-refractivity contribution < 1.29 is 23.7 Å². The van der Waals surface area contributed by atoms with E-state index in [1.165, 1.54) is 30.2 Å². The van der Waals surface area contributed by atoms with E-state index in [1.54, 1.807) is 25.6 Å². The Morgan fingerprint density at radius 1 is 1.32 bits per heavy atom. The first-order valence-electron chi connectivity index (χ1n) is 9.00. The number of aromatic nitrogens is 1. The molecule has 0 aliphatic rings. The number of hydrogen-bond donors (Lipinski definition) is 1. The number of esters is 1. The number of halogens is 1. The zero-order valence-corrected chi connectivity index (χ0v) is 19.7. The van der Waals surface area contributed by atoms with Crippen LogP contribution in [0.4, 0.5) is 0 Å². The zero-order valence-electron chi connectivity index (χ0n) is 17.3. The first-order chi connectivity index (χ1) is 15.0. The molecule has 1 N–H and O–H groups in total. The van der Waals surface area contributed by atoms with Crippen molar-refractivity contribution in [2.75, 3.05) is 33.7 Å². The number of benzene rings is 1. The second-order valence-electron chi connectivity index (χ2n) is 5.86. The molecule has 0 spiro atoms. The van der Waals surface area contributed by atoms with Crippen molar-refractivity contribution >= 4 is 40.7 Å². The third-order valence-corrected chi connectivity index (χ3v) is 5.69. The van der Waals surface area contributed by atoms with Crippen LogP contribution in [0.2, 0.25) is 4.47 Å². The van der Waals surface area contributed by atoms with E-state index in [9.17, 15) is 10.1 Å². The van der Waals surface area contributed by atoms with Crippen molar-refractivity contribution in [1.29, 1.82) is 5.26 Å². The first-order valence-corrected chi connectivity index (χ1v) is 11.4. The van der Waals surface area contributed by atoms with Gasteiger partial charge in [-0.15, -0.1) is 23.1 Å². The average Bonchev–Trinajstić information content (AvgIpc) is 3.20. The van der Waals surface area contributed by atoms with Gasteiger partial charge in [-0.3, -0.25) is 0 Å². The van der Waals surface area contributed by atoms with Crippen LogP contribution in [0.3, 0.4) is 0 Å². The quantitative estimate of drug-likeness (QED) is 0.209. The number of nitriles is 1. The monoisotopic (exact) mass is 483 g/mol. The van der Waals surface area contributed by atoms with Gasteiger partial charge in [-0.2, -0.15) is 5.26 Å². The highest BCUT2D eigenvalue weighted by atomic mass is 35.5. The maximum atomic E-state index is 12.1. The smallest absolute Gasteiger partial charge is 0.351 e. The van der Waals surface area contributed by atoms with Gasteiger partial charge in [-0.25, -0.2) is 9.78 Å². The fourth-order valence-corrected chi connectivity index (χ4v) is 3.81. The molecule has 0 unspecified atom stereocenters. The Morgan fingerprint density at radius 3 is 2.74 bits per heavy atom. The fourth-order valence-electron chi connectivity index (χ4n) is 2.36. The van der Waals surface area contributed by atoms with Gasteiger partial charge in [0.2, 0.25) is 0 Å². The lowest BCUT2D eigenvalue weighted by Crippen LogP contribution is -2.18. The number of carbonyl (C=O) groups is 1. The van der Waals surface area contributed by atoms with Crippen LogP contribution in [0, 0.1) is 11.3 Å². The summed E-state index contributed by atoms with van der Waals surface area (Å²) < 4.78 is 21.6.